The molecule has 6 nitrogen and oxygen atoms in total. The van der Waals surface area contributed by atoms with Gasteiger partial charge in [0.2, 0.25) is 0 Å². The van der Waals surface area contributed by atoms with Crippen LogP contribution in [0.2, 0.25) is 0 Å². The maximum atomic E-state index is 12.3. The quantitative estimate of drug-likeness (QED) is 0.667. The van der Waals surface area contributed by atoms with Crippen molar-refractivity contribution in [1.82, 2.24) is 15.3 Å². The summed E-state index contributed by atoms with van der Waals surface area (Å²) in [7, 11) is 0. The van der Waals surface area contributed by atoms with Gasteiger partial charge in [0.1, 0.15) is 0 Å². The summed E-state index contributed by atoms with van der Waals surface area (Å²) in [5.41, 5.74) is 4.48. The van der Waals surface area contributed by atoms with E-state index in [9.17, 15) is 9.59 Å². The molecule has 0 spiro atoms. The SMILES string of the molecule is Cc1nc2ccc(C(=O)OCC(=O)NCC(C)c3ccccc3)cc2nc1C. The Morgan fingerprint density at radius 3 is 2.39 bits per heavy atom. The summed E-state index contributed by atoms with van der Waals surface area (Å²) in [5.74, 6) is -0.719. The zero-order valence-electron chi connectivity index (χ0n) is 16.2. The van der Waals surface area contributed by atoms with E-state index in [1.54, 1.807) is 18.2 Å². The number of nitrogens with one attached hydrogen (secondary N) is 1. The fourth-order valence-electron chi connectivity index (χ4n) is 2.79. The van der Waals surface area contributed by atoms with E-state index in [0.29, 0.717) is 23.1 Å². The summed E-state index contributed by atoms with van der Waals surface area (Å²) < 4.78 is 5.13. The summed E-state index contributed by atoms with van der Waals surface area (Å²) in [6.45, 7) is 5.94. The van der Waals surface area contributed by atoms with Gasteiger partial charge in [-0.3, -0.25) is 4.79 Å². The molecule has 6 heteroatoms. The van der Waals surface area contributed by atoms with Gasteiger partial charge in [-0.25, -0.2) is 14.8 Å². The molecule has 0 radical (unpaired) electrons. The fraction of sp³-hybridized carbons (Fsp3) is 0.273. The molecule has 0 fully saturated rings. The molecule has 1 aromatic heterocycles. The molecule has 1 N–H and O–H groups in total. The molecule has 1 unspecified atom stereocenters. The maximum absolute atomic E-state index is 12.3. The molecule has 144 valence electrons. The average Bonchev–Trinajstić information content (AvgIpc) is 2.71. The number of fused-ring (bicyclic) bond motifs is 1. The Morgan fingerprint density at radius 2 is 1.68 bits per heavy atom. The first-order valence-electron chi connectivity index (χ1n) is 9.18. The number of hydrogen-bond donors (Lipinski definition) is 1. The summed E-state index contributed by atoms with van der Waals surface area (Å²) in [5, 5.41) is 2.79. The third kappa shape index (κ3) is 4.71. The Morgan fingerprint density at radius 1 is 1.00 bits per heavy atom. The Balaban J connectivity index is 1.54. The summed E-state index contributed by atoms with van der Waals surface area (Å²) >= 11 is 0. The lowest BCUT2D eigenvalue weighted by atomic mass is 10.0. The van der Waals surface area contributed by atoms with Crippen LogP contribution in [0, 0.1) is 13.8 Å². The van der Waals surface area contributed by atoms with Crippen molar-refractivity contribution < 1.29 is 14.3 Å². The first-order chi connectivity index (χ1) is 13.4. The van der Waals surface area contributed by atoms with Crippen molar-refractivity contribution in [2.75, 3.05) is 13.2 Å². The van der Waals surface area contributed by atoms with Crippen LogP contribution in [0.1, 0.15) is 40.2 Å². The number of hydrogen-bond acceptors (Lipinski definition) is 5. The van der Waals surface area contributed by atoms with Crippen molar-refractivity contribution >= 4 is 22.9 Å². The zero-order valence-corrected chi connectivity index (χ0v) is 16.2. The highest BCUT2D eigenvalue weighted by atomic mass is 16.5. The molecule has 2 aromatic carbocycles. The van der Waals surface area contributed by atoms with Crippen LogP contribution in [0.5, 0.6) is 0 Å². The van der Waals surface area contributed by atoms with Crippen molar-refractivity contribution in [3.63, 3.8) is 0 Å². The molecule has 3 rings (SSSR count). The van der Waals surface area contributed by atoms with E-state index in [2.05, 4.69) is 15.3 Å². The smallest absolute Gasteiger partial charge is 0.338 e. The number of carbonyl (C=O) groups is 2. The molecule has 0 aliphatic rings. The van der Waals surface area contributed by atoms with Gasteiger partial charge in [0.05, 0.1) is 28.0 Å². The van der Waals surface area contributed by atoms with Crippen LogP contribution in [-0.2, 0) is 9.53 Å². The van der Waals surface area contributed by atoms with Gasteiger partial charge in [0.15, 0.2) is 6.61 Å². The number of carbonyl (C=O) groups excluding carboxylic acids is 2. The van der Waals surface area contributed by atoms with Gasteiger partial charge < -0.3 is 10.1 Å². The lowest BCUT2D eigenvalue weighted by Gasteiger charge is -2.13. The van der Waals surface area contributed by atoms with Crippen LogP contribution in [0.4, 0.5) is 0 Å². The number of rotatable bonds is 6. The minimum atomic E-state index is -0.562. The standard InChI is InChI=1S/C22H23N3O3/c1-14(17-7-5-4-6-8-17)12-23-21(26)13-28-22(27)18-9-10-19-20(11-18)25-16(3)15(2)24-19/h4-11,14H,12-13H2,1-3H3,(H,23,26). The molecule has 1 amide bonds. The van der Waals surface area contributed by atoms with Crippen LogP contribution < -0.4 is 5.32 Å². The van der Waals surface area contributed by atoms with Crippen molar-refractivity contribution in [3.8, 4) is 0 Å². The lowest BCUT2D eigenvalue weighted by Crippen LogP contribution is -2.31. The second-order valence-electron chi connectivity index (χ2n) is 6.79. The molecule has 0 bridgehead atoms. The predicted molar refractivity (Wildman–Crippen MR) is 107 cm³/mol. The molecule has 3 aromatic rings. The summed E-state index contributed by atoms with van der Waals surface area (Å²) in [6.07, 6.45) is 0. The Kier molecular flexibility index (Phi) is 5.99. The summed E-state index contributed by atoms with van der Waals surface area (Å²) in [4.78, 5) is 33.1. The van der Waals surface area contributed by atoms with Crippen molar-refractivity contribution in [2.24, 2.45) is 0 Å². The third-order valence-electron chi connectivity index (χ3n) is 4.62. The van der Waals surface area contributed by atoms with E-state index in [-0.39, 0.29) is 18.4 Å². The molecule has 0 aliphatic carbocycles. The normalized spacial score (nSPS) is 11.8. The highest BCUT2D eigenvalue weighted by Crippen LogP contribution is 2.15. The Bertz CT molecular complexity index is 1000. The van der Waals surface area contributed by atoms with Gasteiger partial charge >= 0.3 is 5.97 Å². The lowest BCUT2D eigenvalue weighted by molar-refractivity contribution is -0.124. The minimum Gasteiger partial charge on any atom is -0.452 e. The van der Waals surface area contributed by atoms with Crippen LogP contribution in [0.15, 0.2) is 48.5 Å². The van der Waals surface area contributed by atoms with E-state index in [4.69, 9.17) is 4.74 Å². The van der Waals surface area contributed by atoms with Gasteiger partial charge in [0.25, 0.3) is 5.91 Å². The number of benzene rings is 2. The number of aryl methyl sites for hydroxylation is 2. The first kappa shape index (κ1) is 19.5. The van der Waals surface area contributed by atoms with E-state index >= 15 is 0 Å². The molecule has 0 aliphatic heterocycles. The topological polar surface area (TPSA) is 81.2 Å². The van der Waals surface area contributed by atoms with Gasteiger partial charge in [-0.2, -0.15) is 0 Å². The maximum Gasteiger partial charge on any atom is 0.338 e. The van der Waals surface area contributed by atoms with Gasteiger partial charge in [-0.15, -0.1) is 0 Å². The van der Waals surface area contributed by atoms with Crippen LogP contribution in [0.3, 0.4) is 0 Å². The van der Waals surface area contributed by atoms with Gasteiger partial charge in [-0.05, 0) is 43.5 Å². The molecule has 1 atom stereocenters. The van der Waals surface area contributed by atoms with Crippen molar-refractivity contribution in [3.05, 3.63) is 71.0 Å². The van der Waals surface area contributed by atoms with E-state index < -0.39 is 5.97 Å². The number of esters is 1. The highest BCUT2D eigenvalue weighted by Gasteiger charge is 2.13. The van der Waals surface area contributed by atoms with E-state index in [0.717, 1.165) is 17.0 Å². The molecule has 0 saturated heterocycles. The van der Waals surface area contributed by atoms with Crippen molar-refractivity contribution in [1.29, 1.82) is 0 Å². The van der Waals surface area contributed by atoms with Gasteiger partial charge in [-0.1, -0.05) is 37.3 Å². The number of ether oxygens (including phenoxy) is 1. The molecular formula is C22H23N3O3. The third-order valence-corrected chi connectivity index (χ3v) is 4.62. The fourth-order valence-corrected chi connectivity index (χ4v) is 2.79. The van der Waals surface area contributed by atoms with Crippen LogP contribution >= 0.6 is 0 Å². The Labute approximate surface area is 164 Å². The second-order valence-corrected chi connectivity index (χ2v) is 6.79. The number of nitrogens with zero attached hydrogens (tertiary/aromatic N) is 2. The molecular weight excluding hydrogens is 354 g/mol. The largest absolute Gasteiger partial charge is 0.452 e. The van der Waals surface area contributed by atoms with Gasteiger partial charge in [0, 0.05) is 6.54 Å². The minimum absolute atomic E-state index is 0.173. The number of amides is 1. The average molecular weight is 377 g/mol. The van der Waals surface area contributed by atoms with E-state index in [1.165, 1.54) is 0 Å². The summed E-state index contributed by atoms with van der Waals surface area (Å²) in [6, 6.07) is 14.9. The van der Waals surface area contributed by atoms with Crippen LogP contribution in [-0.4, -0.2) is 35.0 Å². The zero-order chi connectivity index (χ0) is 20.1. The van der Waals surface area contributed by atoms with Crippen LogP contribution in [0.25, 0.3) is 11.0 Å². The molecule has 1 heterocycles. The van der Waals surface area contributed by atoms with Crippen molar-refractivity contribution in [2.45, 2.75) is 26.7 Å². The first-order valence-corrected chi connectivity index (χ1v) is 9.18. The Hall–Kier alpha value is -3.28. The highest BCUT2D eigenvalue weighted by molar-refractivity contribution is 5.94. The second kappa shape index (κ2) is 8.61. The predicted octanol–water partition coefficient (Wildman–Crippen LogP) is 3.32. The van der Waals surface area contributed by atoms with E-state index in [1.807, 2.05) is 51.1 Å². The number of aromatic nitrogens is 2. The monoisotopic (exact) mass is 377 g/mol. The molecule has 0 saturated carbocycles. The molecule has 28 heavy (non-hydrogen) atoms.